The van der Waals surface area contributed by atoms with Crippen molar-refractivity contribution in [3.05, 3.63) is 0 Å². The van der Waals surface area contributed by atoms with E-state index in [1.165, 1.54) is 0 Å². The van der Waals surface area contributed by atoms with Gasteiger partial charge >= 0.3 is 69.6 Å². The second kappa shape index (κ2) is 2.77. The summed E-state index contributed by atoms with van der Waals surface area (Å²) in [5, 5.41) is 0. The summed E-state index contributed by atoms with van der Waals surface area (Å²) < 4.78 is 1.19. The van der Waals surface area contributed by atoms with Gasteiger partial charge in [-0.25, -0.2) is 0 Å². The Hall–Kier alpha value is 0.730. The Morgan fingerprint density at radius 3 is 0.889 bits per heavy atom. The zero-order chi connectivity index (χ0) is 7.71. The number of hydrogen-bond acceptors (Lipinski definition) is 0. The molecule has 0 spiro atoms. The van der Waals surface area contributed by atoms with E-state index in [-0.39, 0.29) is 0 Å². The first-order valence-corrected chi connectivity index (χ1v) is 5.54. The summed E-state index contributed by atoms with van der Waals surface area (Å²) in [7, 11) is 0. The summed E-state index contributed by atoms with van der Waals surface area (Å²) in [6, 6.07) is 0. The Morgan fingerprint density at radius 1 is 0.667 bits per heavy atom. The summed E-state index contributed by atoms with van der Waals surface area (Å²) in [6.07, 6.45) is 0. The molecule has 0 N–H and O–H groups in total. The van der Waals surface area contributed by atoms with E-state index in [2.05, 4.69) is 41.5 Å². The summed E-state index contributed by atoms with van der Waals surface area (Å²) in [5.41, 5.74) is 0. The molecule has 0 heterocycles. The summed E-state index contributed by atoms with van der Waals surface area (Å²) >= 11 is 0.338. The van der Waals surface area contributed by atoms with Crippen LogP contribution in [0.15, 0.2) is 0 Å². The molecule has 0 fully saturated rings. The number of alkyl halides is 2. The monoisotopic (exact) mass is 241 g/mol. The van der Waals surface area contributed by atoms with Gasteiger partial charge < -0.3 is 0 Å². The molecule has 0 bridgehead atoms. The van der Waals surface area contributed by atoms with E-state index in [0.717, 1.165) is 0 Å². The molecule has 0 aliphatic rings. The second-order valence-electron chi connectivity index (χ2n) is 4.23. The molecule has 0 aromatic carbocycles. The van der Waals surface area contributed by atoms with Crippen LogP contribution >= 0.6 is 0 Å². The topological polar surface area (TPSA) is 0 Å². The molecule has 0 radical (unpaired) electrons. The summed E-state index contributed by atoms with van der Waals surface area (Å²) in [6.45, 7) is 14.0. The number of halogens is 1. The zero-order valence-corrected chi connectivity index (χ0v) is 9.54. The van der Waals surface area contributed by atoms with Crippen molar-refractivity contribution in [1.82, 2.24) is 0 Å². The predicted molar refractivity (Wildman–Crippen MR) is 39.5 cm³/mol. The van der Waals surface area contributed by atoms with E-state index in [9.17, 15) is 0 Å². The predicted octanol–water partition coefficient (Wildman–Crippen LogP) is -0.328. The maximum absolute atomic E-state index is 2.34. The molecule has 58 valence electrons. The molecule has 0 saturated heterocycles. The van der Waals surface area contributed by atoms with Crippen LogP contribution < -0.4 is 21.2 Å². The number of hydrogen-bond donors (Lipinski definition) is 0. The van der Waals surface area contributed by atoms with Crippen LogP contribution in [0, 0.1) is 0 Å². The van der Waals surface area contributed by atoms with Crippen molar-refractivity contribution in [2.45, 2.75) is 48.4 Å². The van der Waals surface area contributed by atoms with Gasteiger partial charge in [-0.15, -0.1) is 0 Å². The van der Waals surface area contributed by atoms with Crippen LogP contribution in [-0.4, -0.2) is 6.84 Å². The average Bonchev–Trinajstić information content (AvgIpc) is 1.14. The molecular formula is C8H18I-. The van der Waals surface area contributed by atoms with E-state index in [1.54, 1.807) is 0 Å². The van der Waals surface area contributed by atoms with Crippen LogP contribution in [0.4, 0.5) is 0 Å². The molecule has 9 heavy (non-hydrogen) atoms. The van der Waals surface area contributed by atoms with Gasteiger partial charge in [-0.3, -0.25) is 0 Å². The average molecular weight is 241 g/mol. The molecule has 0 aliphatic carbocycles. The third-order valence-electron chi connectivity index (χ3n) is 0.567. The first-order chi connectivity index (χ1) is 3.71. The van der Waals surface area contributed by atoms with Gasteiger partial charge in [0.1, 0.15) is 0 Å². The minimum atomic E-state index is 0.338. The molecular weight excluding hydrogens is 223 g/mol. The maximum atomic E-state index is 2.34. The molecule has 0 saturated carbocycles. The van der Waals surface area contributed by atoms with Crippen LogP contribution in [-0.2, 0) is 0 Å². The van der Waals surface area contributed by atoms with Crippen molar-refractivity contribution in [3.8, 4) is 0 Å². The quantitative estimate of drug-likeness (QED) is 0.402. The molecule has 0 rings (SSSR count). The Morgan fingerprint density at radius 2 is 0.889 bits per heavy atom. The third-order valence-corrected chi connectivity index (χ3v) is 3.80. The van der Waals surface area contributed by atoms with Crippen LogP contribution in [0.2, 0.25) is 0 Å². The first kappa shape index (κ1) is 9.73. The van der Waals surface area contributed by atoms with E-state index < -0.39 is 0 Å². The Bertz CT molecular complexity index is 69.7. The van der Waals surface area contributed by atoms with Crippen molar-refractivity contribution in [2.24, 2.45) is 0 Å². The van der Waals surface area contributed by atoms with Crippen molar-refractivity contribution in [3.63, 3.8) is 0 Å². The number of rotatable bonds is 0. The Kier molecular flexibility index (Phi) is 2.99. The normalized spacial score (nSPS) is 14.4. The van der Waals surface area contributed by atoms with Gasteiger partial charge in [0, 0.05) is 0 Å². The van der Waals surface area contributed by atoms with E-state index >= 15 is 0 Å². The van der Waals surface area contributed by atoms with Crippen molar-refractivity contribution in [1.29, 1.82) is 0 Å². The van der Waals surface area contributed by atoms with E-state index in [4.69, 9.17) is 0 Å². The summed E-state index contributed by atoms with van der Waals surface area (Å²) in [4.78, 5) is 0. The van der Waals surface area contributed by atoms with Gasteiger partial charge in [0.05, 0.1) is 0 Å². The van der Waals surface area contributed by atoms with Crippen LogP contribution in [0.5, 0.6) is 0 Å². The standard InChI is InChI=1S/C8H18I/c1-7(2,3)9-8(4,5)6/h1-6H3/q-1. The van der Waals surface area contributed by atoms with Crippen LogP contribution in [0.25, 0.3) is 0 Å². The molecule has 0 aliphatic heterocycles. The van der Waals surface area contributed by atoms with E-state index in [0.29, 0.717) is 28.0 Å². The molecule has 0 unspecified atom stereocenters. The minimum absolute atomic E-state index is 0.338. The zero-order valence-electron chi connectivity index (χ0n) is 7.38. The third kappa shape index (κ3) is 8.73. The molecule has 0 atom stereocenters. The SMILES string of the molecule is CC(C)(C)[I-]C(C)(C)C. The Balaban J connectivity index is 3.75. The van der Waals surface area contributed by atoms with Gasteiger partial charge in [-0.05, 0) is 0 Å². The van der Waals surface area contributed by atoms with Gasteiger partial charge in [-0.1, -0.05) is 0 Å². The fourth-order valence-corrected chi connectivity index (χ4v) is 5.70. The molecule has 0 aromatic rings. The van der Waals surface area contributed by atoms with Gasteiger partial charge in [0.25, 0.3) is 0 Å². The van der Waals surface area contributed by atoms with Crippen LogP contribution in [0.3, 0.4) is 0 Å². The van der Waals surface area contributed by atoms with Gasteiger partial charge in [0.15, 0.2) is 0 Å². The first-order valence-electron chi connectivity index (χ1n) is 3.38. The van der Waals surface area contributed by atoms with Crippen molar-refractivity contribution >= 4 is 0 Å². The molecule has 1 heteroatoms. The summed E-state index contributed by atoms with van der Waals surface area (Å²) in [5.74, 6) is 0. The molecule has 0 nitrogen and oxygen atoms in total. The fraction of sp³-hybridized carbons (Fsp3) is 1.00. The van der Waals surface area contributed by atoms with Gasteiger partial charge in [0.2, 0.25) is 0 Å². The fourth-order valence-electron chi connectivity index (χ4n) is 0.850. The van der Waals surface area contributed by atoms with Crippen molar-refractivity contribution in [2.75, 3.05) is 0 Å². The van der Waals surface area contributed by atoms with Crippen LogP contribution in [0.1, 0.15) is 41.5 Å². The van der Waals surface area contributed by atoms with Gasteiger partial charge in [-0.2, -0.15) is 0 Å². The molecule has 0 aromatic heterocycles. The van der Waals surface area contributed by atoms with Crippen molar-refractivity contribution < 1.29 is 21.2 Å². The van der Waals surface area contributed by atoms with E-state index in [1.807, 2.05) is 0 Å². The Labute approximate surface area is 69.7 Å². The second-order valence-corrected chi connectivity index (χ2v) is 11.2. The molecule has 0 amide bonds.